The molecule has 96 valence electrons. The van der Waals surface area contributed by atoms with E-state index in [4.69, 9.17) is 11.6 Å². The molecule has 2 aromatic heterocycles. The first-order valence-corrected chi connectivity index (χ1v) is 7.30. The van der Waals surface area contributed by atoms with Crippen LogP contribution in [0.25, 0.3) is 10.6 Å². The summed E-state index contributed by atoms with van der Waals surface area (Å²) < 4.78 is 0.783. The molecule has 0 radical (unpaired) electrons. The zero-order valence-corrected chi connectivity index (χ0v) is 12.1. The Morgan fingerprint density at radius 2 is 2.11 bits per heavy atom. The van der Waals surface area contributed by atoms with Crippen LogP contribution in [0, 0.1) is 0 Å². The molecule has 0 amide bonds. The van der Waals surface area contributed by atoms with Crippen LogP contribution in [-0.4, -0.2) is 16.5 Å². The third kappa shape index (κ3) is 3.21. The lowest BCUT2D eigenvalue weighted by atomic mass is 10.2. The molecule has 3 nitrogen and oxygen atoms in total. The van der Waals surface area contributed by atoms with Gasteiger partial charge in [-0.2, -0.15) is 0 Å². The number of halogens is 1. The molecule has 5 heteroatoms. The molecule has 0 aliphatic carbocycles. The summed E-state index contributed by atoms with van der Waals surface area (Å²) in [4.78, 5) is 10.2. The fourth-order valence-corrected chi connectivity index (χ4v) is 2.69. The van der Waals surface area contributed by atoms with E-state index in [2.05, 4.69) is 29.1 Å². The number of rotatable bonds is 5. The maximum atomic E-state index is 5.97. The van der Waals surface area contributed by atoms with Gasteiger partial charge in [-0.15, -0.1) is 11.3 Å². The molecule has 0 unspecified atom stereocenters. The average Bonchev–Trinajstić information content (AvgIpc) is 2.76. The zero-order chi connectivity index (χ0) is 13.0. The van der Waals surface area contributed by atoms with E-state index in [1.54, 1.807) is 11.3 Å². The largest absolute Gasteiger partial charge is 0.370 e. The lowest BCUT2D eigenvalue weighted by molar-refractivity contribution is 0.837. The van der Waals surface area contributed by atoms with Gasteiger partial charge in [0, 0.05) is 19.0 Å². The molecule has 0 aliphatic heterocycles. The van der Waals surface area contributed by atoms with Crippen LogP contribution in [0.5, 0.6) is 0 Å². The Kier molecular flexibility index (Phi) is 4.55. The summed E-state index contributed by atoms with van der Waals surface area (Å²) >= 11 is 7.51. The van der Waals surface area contributed by atoms with E-state index >= 15 is 0 Å². The van der Waals surface area contributed by atoms with E-state index in [-0.39, 0.29) is 0 Å². The van der Waals surface area contributed by atoms with Crippen LogP contribution in [0.1, 0.15) is 26.1 Å². The minimum atomic E-state index is 0.783. The summed E-state index contributed by atoms with van der Waals surface area (Å²) in [6.07, 6.45) is 1.94. The first-order valence-electron chi connectivity index (χ1n) is 6.10. The summed E-state index contributed by atoms with van der Waals surface area (Å²) in [5.41, 5.74) is 0.946. The molecule has 2 aromatic rings. The lowest BCUT2D eigenvalue weighted by Gasteiger charge is -2.07. The van der Waals surface area contributed by atoms with Gasteiger partial charge < -0.3 is 5.32 Å². The molecule has 0 aromatic carbocycles. The van der Waals surface area contributed by atoms with Gasteiger partial charge in [0.25, 0.3) is 0 Å². The van der Waals surface area contributed by atoms with Crippen LogP contribution in [-0.2, 0) is 6.42 Å². The fraction of sp³-hybridized carbons (Fsp3) is 0.385. The summed E-state index contributed by atoms with van der Waals surface area (Å²) in [6.45, 7) is 5.04. The molecule has 2 heterocycles. The third-order valence-corrected chi connectivity index (χ3v) is 3.68. The summed E-state index contributed by atoms with van der Waals surface area (Å²) in [6, 6.07) is 5.88. The second kappa shape index (κ2) is 6.16. The van der Waals surface area contributed by atoms with Crippen molar-refractivity contribution in [2.45, 2.75) is 26.7 Å². The van der Waals surface area contributed by atoms with Crippen molar-refractivity contribution in [2.75, 3.05) is 11.9 Å². The van der Waals surface area contributed by atoms with Crippen LogP contribution in [0.15, 0.2) is 18.2 Å². The average molecular weight is 282 g/mol. The van der Waals surface area contributed by atoms with Crippen LogP contribution >= 0.6 is 22.9 Å². The first kappa shape index (κ1) is 13.3. The van der Waals surface area contributed by atoms with Crippen LogP contribution < -0.4 is 5.32 Å². The van der Waals surface area contributed by atoms with Crippen molar-refractivity contribution < 1.29 is 0 Å². The number of hydrogen-bond acceptors (Lipinski definition) is 4. The lowest BCUT2D eigenvalue weighted by Crippen LogP contribution is -2.04. The van der Waals surface area contributed by atoms with Crippen LogP contribution in [0.4, 0.5) is 5.82 Å². The molecular weight excluding hydrogens is 266 g/mol. The van der Waals surface area contributed by atoms with Crippen molar-refractivity contribution in [2.24, 2.45) is 0 Å². The smallest absolute Gasteiger partial charge is 0.131 e. The molecule has 0 bridgehead atoms. The van der Waals surface area contributed by atoms with E-state index in [1.807, 2.05) is 18.2 Å². The van der Waals surface area contributed by atoms with E-state index in [1.165, 1.54) is 0 Å². The van der Waals surface area contributed by atoms with Crippen molar-refractivity contribution in [1.29, 1.82) is 0 Å². The van der Waals surface area contributed by atoms with Crippen molar-refractivity contribution in [3.63, 3.8) is 0 Å². The Labute approximate surface area is 116 Å². The van der Waals surface area contributed by atoms with Gasteiger partial charge in [-0.05, 0) is 25.5 Å². The fourth-order valence-electron chi connectivity index (χ4n) is 1.68. The number of aromatic nitrogens is 2. The van der Waals surface area contributed by atoms with Gasteiger partial charge in [0.15, 0.2) is 0 Å². The Balaban J connectivity index is 2.39. The SMILES string of the molecule is CCCc1nc(NCC)cc(-c2ccc(Cl)s2)n1. The second-order valence-corrected chi connectivity index (χ2v) is 5.65. The number of anilines is 1. The molecule has 18 heavy (non-hydrogen) atoms. The molecule has 0 fully saturated rings. The molecular formula is C13H16ClN3S. The molecule has 0 aliphatic rings. The maximum Gasteiger partial charge on any atom is 0.131 e. The van der Waals surface area contributed by atoms with Gasteiger partial charge >= 0.3 is 0 Å². The topological polar surface area (TPSA) is 37.8 Å². The predicted molar refractivity (Wildman–Crippen MR) is 78.5 cm³/mol. The number of aryl methyl sites for hydroxylation is 1. The quantitative estimate of drug-likeness (QED) is 0.891. The zero-order valence-electron chi connectivity index (χ0n) is 10.5. The molecule has 0 spiro atoms. The van der Waals surface area contributed by atoms with E-state index < -0.39 is 0 Å². The molecule has 0 atom stereocenters. The highest BCUT2D eigenvalue weighted by Crippen LogP contribution is 2.30. The van der Waals surface area contributed by atoms with Crippen LogP contribution in [0.3, 0.4) is 0 Å². The van der Waals surface area contributed by atoms with Crippen molar-refractivity contribution in [3.05, 3.63) is 28.4 Å². The summed E-state index contributed by atoms with van der Waals surface area (Å²) in [5.74, 6) is 1.77. The van der Waals surface area contributed by atoms with Gasteiger partial charge in [-0.3, -0.25) is 0 Å². The molecule has 0 saturated heterocycles. The Morgan fingerprint density at radius 3 is 2.72 bits per heavy atom. The number of thiophene rings is 1. The minimum Gasteiger partial charge on any atom is -0.370 e. The van der Waals surface area contributed by atoms with Gasteiger partial charge in [0.1, 0.15) is 11.6 Å². The van der Waals surface area contributed by atoms with E-state index in [0.717, 1.165) is 45.9 Å². The molecule has 2 rings (SSSR count). The standard InChI is InChI=1S/C13H16ClN3S/c1-3-5-12-16-9(8-13(17-12)15-4-2)10-6-7-11(14)18-10/h6-8H,3-5H2,1-2H3,(H,15,16,17). The van der Waals surface area contributed by atoms with Crippen molar-refractivity contribution in [3.8, 4) is 10.6 Å². The highest BCUT2D eigenvalue weighted by Gasteiger charge is 2.08. The minimum absolute atomic E-state index is 0.783. The van der Waals surface area contributed by atoms with Gasteiger partial charge in [-0.25, -0.2) is 9.97 Å². The molecule has 1 N–H and O–H groups in total. The number of nitrogens with one attached hydrogen (secondary N) is 1. The molecule has 0 saturated carbocycles. The number of nitrogens with zero attached hydrogens (tertiary/aromatic N) is 2. The second-order valence-electron chi connectivity index (χ2n) is 3.94. The summed E-state index contributed by atoms with van der Waals surface area (Å²) in [7, 11) is 0. The third-order valence-electron chi connectivity index (χ3n) is 2.43. The van der Waals surface area contributed by atoms with Gasteiger partial charge in [-0.1, -0.05) is 18.5 Å². The van der Waals surface area contributed by atoms with Crippen molar-refractivity contribution in [1.82, 2.24) is 9.97 Å². The maximum absolute atomic E-state index is 5.97. The monoisotopic (exact) mass is 281 g/mol. The predicted octanol–water partition coefficient (Wildman–Crippen LogP) is 4.24. The highest BCUT2D eigenvalue weighted by atomic mass is 35.5. The normalized spacial score (nSPS) is 10.6. The van der Waals surface area contributed by atoms with E-state index in [0.29, 0.717) is 0 Å². The van der Waals surface area contributed by atoms with E-state index in [9.17, 15) is 0 Å². The first-order chi connectivity index (χ1) is 8.72. The number of hydrogen-bond donors (Lipinski definition) is 1. The van der Waals surface area contributed by atoms with Gasteiger partial charge in [0.05, 0.1) is 14.9 Å². The van der Waals surface area contributed by atoms with Gasteiger partial charge in [0.2, 0.25) is 0 Å². The Hall–Kier alpha value is -1.13. The van der Waals surface area contributed by atoms with Crippen LogP contribution in [0.2, 0.25) is 4.34 Å². The summed E-state index contributed by atoms with van der Waals surface area (Å²) in [5, 5.41) is 3.24. The highest BCUT2D eigenvalue weighted by molar-refractivity contribution is 7.19. The van der Waals surface area contributed by atoms with Crippen molar-refractivity contribution >= 4 is 28.8 Å². The Morgan fingerprint density at radius 1 is 1.28 bits per heavy atom. The Bertz CT molecular complexity index is 500.